The van der Waals surface area contributed by atoms with Gasteiger partial charge in [-0.25, -0.2) is 4.39 Å². The Morgan fingerprint density at radius 3 is 2.72 bits per heavy atom. The van der Waals surface area contributed by atoms with E-state index >= 15 is 0 Å². The third-order valence-electron chi connectivity index (χ3n) is 3.03. The Kier molecular flexibility index (Phi) is 3.62. The summed E-state index contributed by atoms with van der Waals surface area (Å²) in [6.45, 7) is 0.399. The maximum atomic E-state index is 13.8. The Morgan fingerprint density at radius 2 is 2.17 bits per heavy atom. The van der Waals surface area contributed by atoms with Crippen molar-refractivity contribution in [3.05, 3.63) is 48.0 Å². The maximum absolute atomic E-state index is 13.8. The van der Waals surface area contributed by atoms with Gasteiger partial charge in [0.05, 0.1) is 17.9 Å². The first-order valence-electron chi connectivity index (χ1n) is 5.79. The van der Waals surface area contributed by atoms with Crippen molar-refractivity contribution in [2.24, 2.45) is 12.8 Å². The molecule has 0 saturated carbocycles. The van der Waals surface area contributed by atoms with E-state index < -0.39 is 0 Å². The molecule has 2 N–H and O–H groups in total. The summed E-state index contributed by atoms with van der Waals surface area (Å²) >= 11 is 0. The van der Waals surface area contributed by atoms with Crippen molar-refractivity contribution in [3.63, 3.8) is 0 Å². The molecule has 0 bridgehead atoms. The van der Waals surface area contributed by atoms with Crippen LogP contribution in [0.4, 0.5) is 10.1 Å². The summed E-state index contributed by atoms with van der Waals surface area (Å²) < 4.78 is 15.5. The lowest BCUT2D eigenvalue weighted by atomic mass is 10.1. The van der Waals surface area contributed by atoms with Crippen LogP contribution in [0.1, 0.15) is 11.6 Å². The van der Waals surface area contributed by atoms with Crippen LogP contribution in [0.15, 0.2) is 36.7 Å². The lowest BCUT2D eigenvalue weighted by molar-refractivity contribution is 0.603. The van der Waals surface area contributed by atoms with Gasteiger partial charge in [0.15, 0.2) is 0 Å². The number of halogens is 1. The zero-order chi connectivity index (χ0) is 13.1. The zero-order valence-corrected chi connectivity index (χ0v) is 10.5. The van der Waals surface area contributed by atoms with Crippen molar-refractivity contribution >= 4 is 5.69 Å². The van der Waals surface area contributed by atoms with E-state index in [-0.39, 0.29) is 11.9 Å². The van der Waals surface area contributed by atoms with Crippen molar-refractivity contribution in [2.75, 3.05) is 18.5 Å². The highest BCUT2D eigenvalue weighted by atomic mass is 19.1. The third-order valence-corrected chi connectivity index (χ3v) is 3.03. The van der Waals surface area contributed by atoms with E-state index in [0.29, 0.717) is 12.2 Å². The summed E-state index contributed by atoms with van der Waals surface area (Å²) in [4.78, 5) is 1.84. The fourth-order valence-electron chi connectivity index (χ4n) is 2.04. The van der Waals surface area contributed by atoms with Crippen molar-refractivity contribution in [1.29, 1.82) is 0 Å². The lowest BCUT2D eigenvalue weighted by Crippen LogP contribution is -2.30. The van der Waals surface area contributed by atoms with Gasteiger partial charge < -0.3 is 10.6 Å². The molecule has 1 aromatic heterocycles. The van der Waals surface area contributed by atoms with Gasteiger partial charge in [-0.05, 0) is 12.1 Å². The number of anilines is 1. The highest BCUT2D eigenvalue weighted by Crippen LogP contribution is 2.26. The molecular formula is C13H17FN4. The van der Waals surface area contributed by atoms with Gasteiger partial charge in [-0.1, -0.05) is 12.1 Å². The Bertz CT molecular complexity index is 523. The van der Waals surface area contributed by atoms with Gasteiger partial charge in [0.2, 0.25) is 0 Å². The predicted octanol–water partition coefficient (Wildman–Crippen LogP) is 1.70. The molecule has 2 aromatic rings. The molecule has 1 unspecified atom stereocenters. The molecule has 0 aliphatic carbocycles. The number of nitrogens with zero attached hydrogens (tertiary/aromatic N) is 3. The molecule has 0 fully saturated rings. The number of benzene rings is 1. The molecule has 1 heterocycles. The van der Waals surface area contributed by atoms with Crippen LogP contribution in [-0.4, -0.2) is 23.4 Å². The number of para-hydroxylation sites is 1. The molecule has 0 saturated heterocycles. The summed E-state index contributed by atoms with van der Waals surface area (Å²) in [5.41, 5.74) is 7.32. The van der Waals surface area contributed by atoms with Crippen molar-refractivity contribution in [2.45, 2.75) is 6.04 Å². The standard InChI is InChI=1S/C13H17FN4/c1-17-9-10(8-16-17)13(7-15)18(2)12-6-4-3-5-11(12)14/h3-6,8-9,13H,7,15H2,1-2H3. The normalized spacial score (nSPS) is 12.4. The van der Waals surface area contributed by atoms with Gasteiger partial charge in [-0.2, -0.15) is 5.10 Å². The van der Waals surface area contributed by atoms with Crippen molar-refractivity contribution < 1.29 is 4.39 Å². The third kappa shape index (κ3) is 2.36. The monoisotopic (exact) mass is 248 g/mol. The fraction of sp³-hybridized carbons (Fsp3) is 0.308. The molecule has 5 heteroatoms. The van der Waals surface area contributed by atoms with Gasteiger partial charge >= 0.3 is 0 Å². The molecule has 0 spiro atoms. The molecule has 0 aliphatic rings. The van der Waals surface area contributed by atoms with E-state index in [1.54, 1.807) is 23.0 Å². The number of aryl methyl sites for hydroxylation is 1. The van der Waals surface area contributed by atoms with Gasteiger partial charge in [0, 0.05) is 32.4 Å². The van der Waals surface area contributed by atoms with Crippen LogP contribution in [0.25, 0.3) is 0 Å². The summed E-state index contributed by atoms with van der Waals surface area (Å²) in [5.74, 6) is -0.248. The SMILES string of the molecule is CN(c1ccccc1F)C(CN)c1cnn(C)c1. The van der Waals surface area contributed by atoms with E-state index in [1.165, 1.54) is 6.07 Å². The molecule has 2 rings (SSSR count). The molecular weight excluding hydrogens is 231 g/mol. The van der Waals surface area contributed by atoms with Gasteiger partial charge in [0.25, 0.3) is 0 Å². The molecule has 0 radical (unpaired) electrons. The minimum atomic E-state index is -0.248. The van der Waals surface area contributed by atoms with Crippen LogP contribution in [0.5, 0.6) is 0 Å². The summed E-state index contributed by atoms with van der Waals surface area (Å²) in [6, 6.07) is 6.59. The lowest BCUT2D eigenvalue weighted by Gasteiger charge is -2.28. The average Bonchev–Trinajstić information content (AvgIpc) is 2.77. The summed E-state index contributed by atoms with van der Waals surface area (Å²) in [6.07, 6.45) is 3.66. The molecule has 4 nitrogen and oxygen atoms in total. The topological polar surface area (TPSA) is 47.1 Å². The molecule has 0 amide bonds. The van der Waals surface area contributed by atoms with Crippen LogP contribution < -0.4 is 10.6 Å². The van der Waals surface area contributed by atoms with Crippen LogP contribution in [0.3, 0.4) is 0 Å². The molecule has 1 atom stereocenters. The highest BCUT2D eigenvalue weighted by Gasteiger charge is 2.19. The fourth-order valence-corrected chi connectivity index (χ4v) is 2.04. The number of aromatic nitrogens is 2. The first kappa shape index (κ1) is 12.6. The zero-order valence-electron chi connectivity index (χ0n) is 10.5. The minimum absolute atomic E-state index is 0.0874. The number of nitrogens with two attached hydrogens (primary N) is 1. The Morgan fingerprint density at radius 1 is 1.44 bits per heavy atom. The van der Waals surface area contributed by atoms with E-state index in [1.807, 2.05) is 31.3 Å². The van der Waals surface area contributed by atoms with Crippen LogP contribution in [0.2, 0.25) is 0 Å². The maximum Gasteiger partial charge on any atom is 0.146 e. The van der Waals surface area contributed by atoms with Crippen LogP contribution in [-0.2, 0) is 7.05 Å². The van der Waals surface area contributed by atoms with E-state index in [2.05, 4.69) is 5.10 Å². The summed E-state index contributed by atoms with van der Waals surface area (Å²) in [5, 5.41) is 4.12. The van der Waals surface area contributed by atoms with Gasteiger partial charge in [-0.3, -0.25) is 4.68 Å². The second-order valence-corrected chi connectivity index (χ2v) is 4.26. The number of hydrogen-bond donors (Lipinski definition) is 1. The number of hydrogen-bond acceptors (Lipinski definition) is 3. The number of rotatable bonds is 4. The smallest absolute Gasteiger partial charge is 0.146 e. The van der Waals surface area contributed by atoms with E-state index in [0.717, 1.165) is 5.56 Å². The van der Waals surface area contributed by atoms with Gasteiger partial charge in [-0.15, -0.1) is 0 Å². The second-order valence-electron chi connectivity index (χ2n) is 4.26. The van der Waals surface area contributed by atoms with Crippen LogP contribution >= 0.6 is 0 Å². The largest absolute Gasteiger partial charge is 0.364 e. The Balaban J connectivity index is 2.31. The minimum Gasteiger partial charge on any atom is -0.364 e. The molecule has 18 heavy (non-hydrogen) atoms. The van der Waals surface area contributed by atoms with Crippen molar-refractivity contribution in [3.8, 4) is 0 Å². The first-order chi connectivity index (χ1) is 8.63. The summed E-state index contributed by atoms with van der Waals surface area (Å²) in [7, 11) is 3.68. The molecule has 1 aromatic carbocycles. The van der Waals surface area contributed by atoms with Crippen LogP contribution in [0, 0.1) is 5.82 Å². The van der Waals surface area contributed by atoms with Gasteiger partial charge in [0.1, 0.15) is 5.82 Å². The second kappa shape index (κ2) is 5.18. The average molecular weight is 248 g/mol. The van der Waals surface area contributed by atoms with E-state index in [9.17, 15) is 4.39 Å². The Labute approximate surface area is 106 Å². The predicted molar refractivity (Wildman–Crippen MR) is 69.8 cm³/mol. The molecule has 0 aliphatic heterocycles. The first-order valence-corrected chi connectivity index (χ1v) is 5.79. The highest BCUT2D eigenvalue weighted by molar-refractivity contribution is 5.49. The quantitative estimate of drug-likeness (QED) is 0.895. The Hall–Kier alpha value is -1.88. The van der Waals surface area contributed by atoms with E-state index in [4.69, 9.17) is 5.73 Å². The molecule has 96 valence electrons. The number of likely N-dealkylation sites (N-methyl/N-ethyl adjacent to an activating group) is 1. The van der Waals surface area contributed by atoms with Crippen molar-refractivity contribution in [1.82, 2.24) is 9.78 Å².